The molecule has 130 valence electrons. The maximum atomic E-state index is 12.5. The molecule has 0 aromatic carbocycles. The van der Waals surface area contributed by atoms with Crippen molar-refractivity contribution in [3.05, 3.63) is 22.4 Å². The highest BCUT2D eigenvalue weighted by Crippen LogP contribution is 2.44. The maximum absolute atomic E-state index is 12.5. The number of nitrogens with zero attached hydrogens (tertiary/aromatic N) is 2. The predicted molar refractivity (Wildman–Crippen MR) is 91.9 cm³/mol. The van der Waals surface area contributed by atoms with Crippen LogP contribution in [-0.2, 0) is 16.0 Å². The van der Waals surface area contributed by atoms with Gasteiger partial charge in [0, 0.05) is 38.6 Å². The minimum Gasteiger partial charge on any atom is -0.481 e. The van der Waals surface area contributed by atoms with Gasteiger partial charge in [-0.3, -0.25) is 9.59 Å². The Morgan fingerprint density at radius 2 is 2.12 bits per heavy atom. The van der Waals surface area contributed by atoms with E-state index in [9.17, 15) is 14.7 Å². The van der Waals surface area contributed by atoms with Gasteiger partial charge in [-0.2, -0.15) is 11.3 Å². The number of carboxylic acids is 1. The first-order chi connectivity index (χ1) is 11.6. The Hall–Kier alpha value is -1.40. The highest BCUT2D eigenvalue weighted by Gasteiger charge is 2.58. The number of fused-ring (bicyclic) bond motifs is 1. The van der Waals surface area contributed by atoms with Crippen LogP contribution >= 0.6 is 11.3 Å². The normalized spacial score (nSPS) is 30.3. The average Bonchev–Trinajstić information content (AvgIpc) is 3.16. The van der Waals surface area contributed by atoms with Crippen LogP contribution in [0.2, 0.25) is 0 Å². The molecule has 1 aromatic rings. The number of thiophene rings is 1. The molecule has 3 aliphatic rings. The third-order valence-corrected chi connectivity index (χ3v) is 6.87. The Balaban J connectivity index is 1.42. The van der Waals surface area contributed by atoms with E-state index >= 15 is 0 Å². The van der Waals surface area contributed by atoms with Gasteiger partial charge in [-0.1, -0.05) is 6.42 Å². The number of hydrogen-bond donors (Lipinski definition) is 1. The molecule has 3 heterocycles. The molecular formula is C18H24N2O3S. The molecule has 1 aromatic heterocycles. The molecule has 0 spiro atoms. The van der Waals surface area contributed by atoms with E-state index in [4.69, 9.17) is 0 Å². The molecule has 0 bridgehead atoms. The van der Waals surface area contributed by atoms with E-state index in [1.165, 1.54) is 19.3 Å². The molecule has 1 saturated carbocycles. The minimum absolute atomic E-state index is 0.0639. The molecule has 0 radical (unpaired) electrons. The van der Waals surface area contributed by atoms with Crippen LogP contribution in [0.25, 0.3) is 0 Å². The van der Waals surface area contributed by atoms with E-state index < -0.39 is 11.4 Å². The van der Waals surface area contributed by atoms with Crippen LogP contribution in [0.3, 0.4) is 0 Å². The Bertz CT molecular complexity index is 628. The largest absolute Gasteiger partial charge is 0.481 e. The molecule has 6 heteroatoms. The maximum Gasteiger partial charge on any atom is 0.313 e. The molecule has 2 atom stereocenters. The Kier molecular flexibility index (Phi) is 4.12. The standard InChI is InChI=1S/C18H24N2O3S/c21-16(6-14-4-5-24-10-14)20-9-15-8-19(7-13-2-1-3-13)11-18(15,12-20)17(22)23/h4-5,10,13,15H,1-3,6-9,11-12H2,(H,22,23)/t15-,18-/m1/s1. The monoisotopic (exact) mass is 348 g/mol. The first-order valence-corrected chi connectivity index (χ1v) is 9.76. The summed E-state index contributed by atoms with van der Waals surface area (Å²) < 4.78 is 0. The predicted octanol–water partition coefficient (Wildman–Crippen LogP) is 1.94. The fourth-order valence-corrected chi connectivity index (χ4v) is 5.19. The van der Waals surface area contributed by atoms with Gasteiger partial charge in [-0.05, 0) is 41.1 Å². The summed E-state index contributed by atoms with van der Waals surface area (Å²) >= 11 is 1.59. The smallest absolute Gasteiger partial charge is 0.313 e. The number of carbonyl (C=O) groups is 2. The zero-order chi connectivity index (χ0) is 16.7. The highest BCUT2D eigenvalue weighted by atomic mass is 32.1. The van der Waals surface area contributed by atoms with Crippen molar-refractivity contribution in [1.82, 2.24) is 9.80 Å². The van der Waals surface area contributed by atoms with E-state index in [1.54, 1.807) is 16.2 Å². The first-order valence-electron chi connectivity index (χ1n) is 8.81. The number of carboxylic acid groups (broad SMARTS) is 1. The Morgan fingerprint density at radius 1 is 1.29 bits per heavy atom. The summed E-state index contributed by atoms with van der Waals surface area (Å²) in [7, 11) is 0. The fourth-order valence-electron chi connectivity index (χ4n) is 4.52. The van der Waals surface area contributed by atoms with Gasteiger partial charge < -0.3 is 14.9 Å². The van der Waals surface area contributed by atoms with Gasteiger partial charge in [0.05, 0.1) is 6.42 Å². The molecule has 24 heavy (non-hydrogen) atoms. The fraction of sp³-hybridized carbons (Fsp3) is 0.667. The van der Waals surface area contributed by atoms with Crippen LogP contribution in [0.15, 0.2) is 16.8 Å². The minimum atomic E-state index is -0.756. The lowest BCUT2D eigenvalue weighted by Gasteiger charge is -2.31. The quantitative estimate of drug-likeness (QED) is 0.883. The van der Waals surface area contributed by atoms with Crippen molar-refractivity contribution in [3.8, 4) is 0 Å². The van der Waals surface area contributed by atoms with Crippen LogP contribution in [-0.4, -0.2) is 59.5 Å². The van der Waals surface area contributed by atoms with Crippen LogP contribution in [0.4, 0.5) is 0 Å². The number of carbonyl (C=O) groups excluding carboxylic acids is 1. The van der Waals surface area contributed by atoms with E-state index in [0.29, 0.717) is 26.1 Å². The lowest BCUT2D eigenvalue weighted by molar-refractivity contribution is -0.149. The number of likely N-dealkylation sites (tertiary alicyclic amines) is 2. The molecule has 1 aliphatic carbocycles. The van der Waals surface area contributed by atoms with E-state index in [1.807, 2.05) is 16.8 Å². The summed E-state index contributed by atoms with van der Waals surface area (Å²) in [6.07, 6.45) is 4.27. The highest BCUT2D eigenvalue weighted by molar-refractivity contribution is 7.08. The number of amides is 1. The summed E-state index contributed by atoms with van der Waals surface area (Å²) in [5.41, 5.74) is 0.270. The van der Waals surface area contributed by atoms with Crippen molar-refractivity contribution in [2.45, 2.75) is 25.7 Å². The van der Waals surface area contributed by atoms with Crippen molar-refractivity contribution < 1.29 is 14.7 Å². The average molecular weight is 348 g/mol. The van der Waals surface area contributed by atoms with Gasteiger partial charge in [-0.15, -0.1) is 0 Å². The zero-order valence-electron chi connectivity index (χ0n) is 13.8. The molecule has 1 amide bonds. The molecule has 2 aliphatic heterocycles. The van der Waals surface area contributed by atoms with E-state index in [0.717, 1.165) is 24.6 Å². The third-order valence-electron chi connectivity index (χ3n) is 6.13. The number of rotatable bonds is 5. The number of hydrogen-bond acceptors (Lipinski definition) is 4. The lowest BCUT2D eigenvalue weighted by atomic mass is 9.81. The molecular weight excluding hydrogens is 324 g/mol. The lowest BCUT2D eigenvalue weighted by Crippen LogP contribution is -2.43. The van der Waals surface area contributed by atoms with Crippen molar-refractivity contribution in [3.63, 3.8) is 0 Å². The second kappa shape index (κ2) is 6.15. The summed E-state index contributed by atoms with van der Waals surface area (Å²) in [6, 6.07) is 1.97. The zero-order valence-corrected chi connectivity index (χ0v) is 14.6. The SMILES string of the molecule is O=C(Cc1ccsc1)N1C[C@H]2CN(CC3CCC3)C[C@@]2(C(=O)O)C1. The summed E-state index contributed by atoms with van der Waals surface area (Å²) in [4.78, 5) is 28.7. The van der Waals surface area contributed by atoms with Gasteiger partial charge in [0.2, 0.25) is 5.91 Å². The topological polar surface area (TPSA) is 60.9 Å². The second-order valence-electron chi connectivity index (χ2n) is 7.73. The summed E-state index contributed by atoms with van der Waals surface area (Å²) in [6.45, 7) is 3.43. The molecule has 4 rings (SSSR count). The van der Waals surface area contributed by atoms with E-state index in [2.05, 4.69) is 4.90 Å². The van der Waals surface area contributed by atoms with Crippen molar-refractivity contribution in [1.29, 1.82) is 0 Å². The van der Waals surface area contributed by atoms with E-state index in [-0.39, 0.29) is 11.8 Å². The Morgan fingerprint density at radius 3 is 2.71 bits per heavy atom. The summed E-state index contributed by atoms with van der Waals surface area (Å²) in [5, 5.41) is 13.8. The molecule has 2 saturated heterocycles. The third kappa shape index (κ3) is 2.75. The summed E-state index contributed by atoms with van der Waals surface area (Å²) in [5.74, 6) is 0.163. The van der Waals surface area contributed by atoms with Crippen LogP contribution in [0.5, 0.6) is 0 Å². The first kappa shape index (κ1) is 16.1. The molecule has 0 unspecified atom stereocenters. The van der Waals surface area contributed by atoms with Crippen LogP contribution in [0.1, 0.15) is 24.8 Å². The second-order valence-corrected chi connectivity index (χ2v) is 8.51. The van der Waals surface area contributed by atoms with Crippen LogP contribution < -0.4 is 0 Å². The van der Waals surface area contributed by atoms with Crippen molar-refractivity contribution in [2.24, 2.45) is 17.3 Å². The van der Waals surface area contributed by atoms with Crippen molar-refractivity contribution in [2.75, 3.05) is 32.7 Å². The molecule has 3 fully saturated rings. The van der Waals surface area contributed by atoms with Crippen LogP contribution in [0, 0.1) is 17.3 Å². The van der Waals surface area contributed by atoms with Gasteiger partial charge in [0.25, 0.3) is 0 Å². The van der Waals surface area contributed by atoms with Crippen molar-refractivity contribution >= 4 is 23.2 Å². The van der Waals surface area contributed by atoms with Gasteiger partial charge in [-0.25, -0.2) is 0 Å². The number of aliphatic carboxylic acids is 1. The van der Waals surface area contributed by atoms with Gasteiger partial charge in [0.15, 0.2) is 0 Å². The van der Waals surface area contributed by atoms with Gasteiger partial charge >= 0.3 is 5.97 Å². The van der Waals surface area contributed by atoms with Gasteiger partial charge in [0.1, 0.15) is 5.41 Å². The Labute approximate surface area is 146 Å². The molecule has 1 N–H and O–H groups in total. The molecule has 5 nitrogen and oxygen atoms in total.